The van der Waals surface area contributed by atoms with Crippen molar-refractivity contribution in [2.75, 3.05) is 31.6 Å². The summed E-state index contributed by atoms with van der Waals surface area (Å²) in [7, 11) is 0. The summed E-state index contributed by atoms with van der Waals surface area (Å²) in [4.78, 5) is 13.3. The van der Waals surface area contributed by atoms with Crippen LogP contribution in [0.15, 0.2) is 48.5 Å². The van der Waals surface area contributed by atoms with Crippen LogP contribution in [-0.2, 0) is 16.1 Å². The number of carboxylic acids is 1. The number of benzene rings is 2. The number of ether oxygens (including phenoxy) is 1. The number of hydrogen-bond donors (Lipinski definition) is 3. The van der Waals surface area contributed by atoms with Crippen LogP contribution < -0.4 is 5.32 Å². The Morgan fingerprint density at radius 3 is 2.57 bits per heavy atom. The number of anilines is 1. The second-order valence-corrected chi connectivity index (χ2v) is 7.95. The van der Waals surface area contributed by atoms with Gasteiger partial charge in [0.05, 0.1) is 18.1 Å². The van der Waals surface area contributed by atoms with Crippen LogP contribution in [-0.4, -0.2) is 48.1 Å². The third-order valence-electron chi connectivity index (χ3n) is 5.37. The van der Waals surface area contributed by atoms with Crippen molar-refractivity contribution in [2.24, 2.45) is 5.92 Å². The van der Waals surface area contributed by atoms with Gasteiger partial charge < -0.3 is 20.1 Å². The molecule has 0 spiro atoms. The fourth-order valence-corrected chi connectivity index (χ4v) is 3.70. The molecule has 0 amide bonds. The van der Waals surface area contributed by atoms with Gasteiger partial charge in [-0.3, -0.25) is 10.2 Å². The minimum atomic E-state index is -0.685. The Kier molecular flexibility index (Phi) is 8.11. The van der Waals surface area contributed by atoms with E-state index in [2.05, 4.69) is 10.2 Å². The molecule has 1 aliphatic rings. The van der Waals surface area contributed by atoms with E-state index in [1.165, 1.54) is 0 Å². The van der Waals surface area contributed by atoms with E-state index in [0.29, 0.717) is 31.0 Å². The van der Waals surface area contributed by atoms with Crippen LogP contribution >= 0.6 is 11.6 Å². The van der Waals surface area contributed by atoms with E-state index in [1.54, 1.807) is 0 Å². The van der Waals surface area contributed by atoms with Crippen LogP contribution in [0, 0.1) is 11.3 Å². The van der Waals surface area contributed by atoms with E-state index in [-0.39, 0.29) is 11.8 Å². The standard InChI is InChI=1S/C23H28ClN3O3/c24-19-8-6-17(7-9-19)16-26-21-5-2-1-4-20(21)22(25)30-15-3-12-27-13-10-18(11-14-27)23(28)29/h1-2,4-9,18,25-26H,3,10-16H2,(H,28,29). The largest absolute Gasteiger partial charge is 0.481 e. The maximum atomic E-state index is 11.0. The van der Waals surface area contributed by atoms with Crippen molar-refractivity contribution >= 4 is 29.2 Å². The van der Waals surface area contributed by atoms with Gasteiger partial charge in [0.25, 0.3) is 0 Å². The van der Waals surface area contributed by atoms with E-state index < -0.39 is 5.97 Å². The number of nitrogens with one attached hydrogen (secondary N) is 2. The molecule has 30 heavy (non-hydrogen) atoms. The molecule has 3 N–H and O–H groups in total. The summed E-state index contributed by atoms with van der Waals surface area (Å²) in [6.45, 7) is 3.57. The van der Waals surface area contributed by atoms with Gasteiger partial charge in [-0.2, -0.15) is 0 Å². The highest BCUT2D eigenvalue weighted by atomic mass is 35.5. The van der Waals surface area contributed by atoms with Gasteiger partial charge >= 0.3 is 5.97 Å². The van der Waals surface area contributed by atoms with E-state index >= 15 is 0 Å². The number of likely N-dealkylation sites (tertiary alicyclic amines) is 1. The highest BCUT2D eigenvalue weighted by Gasteiger charge is 2.24. The molecule has 1 aliphatic heterocycles. The molecule has 2 aromatic rings. The first-order valence-electron chi connectivity index (χ1n) is 10.3. The summed E-state index contributed by atoms with van der Waals surface area (Å²) < 4.78 is 5.69. The number of carboxylic acid groups (broad SMARTS) is 1. The second kappa shape index (κ2) is 11.0. The maximum Gasteiger partial charge on any atom is 0.306 e. The molecule has 0 unspecified atom stereocenters. The number of halogens is 1. The lowest BCUT2D eigenvalue weighted by Gasteiger charge is -2.29. The van der Waals surface area contributed by atoms with Gasteiger partial charge in [-0.25, -0.2) is 0 Å². The lowest BCUT2D eigenvalue weighted by molar-refractivity contribution is -0.143. The summed E-state index contributed by atoms with van der Waals surface area (Å²) in [6.07, 6.45) is 2.22. The Labute approximate surface area is 182 Å². The van der Waals surface area contributed by atoms with Crippen LogP contribution in [0.3, 0.4) is 0 Å². The maximum absolute atomic E-state index is 11.0. The molecule has 3 rings (SSSR count). The average molecular weight is 430 g/mol. The van der Waals surface area contributed by atoms with Gasteiger partial charge in [-0.05, 0) is 62.2 Å². The highest BCUT2D eigenvalue weighted by molar-refractivity contribution is 6.30. The number of piperidine rings is 1. The topological polar surface area (TPSA) is 85.7 Å². The Morgan fingerprint density at radius 2 is 1.87 bits per heavy atom. The first-order chi connectivity index (χ1) is 14.5. The van der Waals surface area contributed by atoms with Crippen molar-refractivity contribution in [1.82, 2.24) is 4.90 Å². The number of aliphatic carboxylic acids is 1. The van der Waals surface area contributed by atoms with Gasteiger partial charge in [-0.1, -0.05) is 35.9 Å². The second-order valence-electron chi connectivity index (χ2n) is 7.51. The van der Waals surface area contributed by atoms with Gasteiger partial charge in [0, 0.05) is 23.8 Å². The normalized spacial score (nSPS) is 15.0. The smallest absolute Gasteiger partial charge is 0.306 e. The third-order valence-corrected chi connectivity index (χ3v) is 5.62. The lowest BCUT2D eigenvalue weighted by atomic mass is 9.97. The van der Waals surface area contributed by atoms with E-state index in [4.69, 9.17) is 26.9 Å². The first-order valence-corrected chi connectivity index (χ1v) is 10.6. The molecular weight excluding hydrogens is 402 g/mol. The summed E-state index contributed by atoms with van der Waals surface area (Å²) in [5, 5.41) is 21.5. The van der Waals surface area contributed by atoms with Crippen molar-refractivity contribution < 1.29 is 14.6 Å². The Hall–Kier alpha value is -2.57. The molecule has 2 aromatic carbocycles. The average Bonchev–Trinajstić information content (AvgIpc) is 2.76. The van der Waals surface area contributed by atoms with Crippen LogP contribution in [0.4, 0.5) is 5.69 Å². The van der Waals surface area contributed by atoms with E-state index in [0.717, 1.165) is 42.9 Å². The Bertz CT molecular complexity index is 849. The Morgan fingerprint density at radius 1 is 1.17 bits per heavy atom. The third kappa shape index (κ3) is 6.47. The fourth-order valence-electron chi connectivity index (χ4n) is 3.58. The van der Waals surface area contributed by atoms with Crippen molar-refractivity contribution in [3.05, 3.63) is 64.7 Å². The van der Waals surface area contributed by atoms with Crippen LogP contribution in [0.2, 0.25) is 5.02 Å². The number of nitrogens with zero attached hydrogens (tertiary/aromatic N) is 1. The van der Waals surface area contributed by atoms with Crippen molar-refractivity contribution in [1.29, 1.82) is 5.41 Å². The lowest BCUT2D eigenvalue weighted by Crippen LogP contribution is -2.37. The molecule has 1 saturated heterocycles. The fraction of sp³-hybridized carbons (Fsp3) is 0.391. The minimum absolute atomic E-state index is 0.152. The predicted molar refractivity (Wildman–Crippen MR) is 119 cm³/mol. The first kappa shape index (κ1) is 22.1. The number of rotatable bonds is 9. The molecule has 0 atom stereocenters. The molecule has 0 saturated carbocycles. The molecule has 0 bridgehead atoms. The Balaban J connectivity index is 1.43. The highest BCUT2D eigenvalue weighted by Crippen LogP contribution is 2.19. The van der Waals surface area contributed by atoms with Crippen LogP contribution in [0.25, 0.3) is 0 Å². The molecule has 1 heterocycles. The van der Waals surface area contributed by atoms with Crippen LogP contribution in [0.5, 0.6) is 0 Å². The predicted octanol–water partition coefficient (Wildman–Crippen LogP) is 4.48. The van der Waals surface area contributed by atoms with E-state index in [9.17, 15) is 4.79 Å². The molecule has 0 aromatic heterocycles. The molecule has 0 radical (unpaired) electrons. The summed E-state index contributed by atoms with van der Waals surface area (Å²) in [5.41, 5.74) is 2.69. The van der Waals surface area contributed by atoms with Crippen molar-refractivity contribution in [3.8, 4) is 0 Å². The van der Waals surface area contributed by atoms with Gasteiger partial charge in [0.2, 0.25) is 5.90 Å². The molecular formula is C23H28ClN3O3. The quantitative estimate of drug-likeness (QED) is 0.311. The molecule has 0 aliphatic carbocycles. The molecule has 7 heteroatoms. The van der Waals surface area contributed by atoms with Gasteiger partial charge in [0.15, 0.2) is 0 Å². The molecule has 1 fully saturated rings. The molecule has 160 valence electrons. The minimum Gasteiger partial charge on any atom is -0.481 e. The van der Waals surface area contributed by atoms with Crippen molar-refractivity contribution in [3.63, 3.8) is 0 Å². The summed E-state index contributed by atoms with van der Waals surface area (Å²) >= 11 is 5.93. The number of carbonyl (C=O) groups is 1. The van der Waals surface area contributed by atoms with Gasteiger partial charge in [-0.15, -0.1) is 0 Å². The van der Waals surface area contributed by atoms with Crippen LogP contribution in [0.1, 0.15) is 30.4 Å². The van der Waals surface area contributed by atoms with Crippen molar-refractivity contribution in [2.45, 2.75) is 25.8 Å². The zero-order valence-electron chi connectivity index (χ0n) is 16.9. The monoisotopic (exact) mass is 429 g/mol. The van der Waals surface area contributed by atoms with E-state index in [1.807, 2.05) is 48.5 Å². The number of para-hydroxylation sites is 1. The zero-order chi connectivity index (χ0) is 21.3. The SMILES string of the molecule is N=C(OCCCN1CCC(C(=O)O)CC1)c1ccccc1NCc1ccc(Cl)cc1. The summed E-state index contributed by atoms with van der Waals surface area (Å²) in [5.74, 6) is -0.740. The molecule has 6 nitrogen and oxygen atoms in total. The zero-order valence-corrected chi connectivity index (χ0v) is 17.7. The summed E-state index contributed by atoms with van der Waals surface area (Å²) in [6, 6.07) is 15.3. The number of hydrogen-bond acceptors (Lipinski definition) is 5. The van der Waals surface area contributed by atoms with Gasteiger partial charge in [0.1, 0.15) is 0 Å².